The van der Waals surface area contributed by atoms with E-state index in [1.807, 2.05) is 20.8 Å². The summed E-state index contributed by atoms with van der Waals surface area (Å²) >= 11 is 1.26. The Bertz CT molecular complexity index is 502. The molecule has 1 aliphatic heterocycles. The van der Waals surface area contributed by atoms with Gasteiger partial charge in [0.1, 0.15) is 4.88 Å². The maximum atomic E-state index is 11.8. The lowest BCUT2D eigenvalue weighted by Crippen LogP contribution is -2.21. The summed E-state index contributed by atoms with van der Waals surface area (Å²) in [4.78, 5) is 28.6. The van der Waals surface area contributed by atoms with E-state index in [0.717, 1.165) is 18.5 Å². The van der Waals surface area contributed by atoms with Gasteiger partial charge in [-0.3, -0.25) is 9.59 Å². The maximum absolute atomic E-state index is 11.8. The fraction of sp³-hybridized carbons (Fsp3) is 0.615. The molecule has 0 bridgehead atoms. The highest BCUT2D eigenvalue weighted by atomic mass is 32.1. The molecule has 104 valence electrons. The van der Waals surface area contributed by atoms with Crippen LogP contribution < -0.4 is 10.6 Å². The number of amides is 2. The van der Waals surface area contributed by atoms with Crippen molar-refractivity contribution in [2.75, 3.05) is 11.9 Å². The predicted molar refractivity (Wildman–Crippen MR) is 75.5 cm³/mol. The van der Waals surface area contributed by atoms with E-state index in [0.29, 0.717) is 23.0 Å². The van der Waals surface area contributed by atoms with Gasteiger partial charge in [0.15, 0.2) is 5.13 Å². The maximum Gasteiger partial charge on any atom is 0.263 e. The summed E-state index contributed by atoms with van der Waals surface area (Å²) < 4.78 is 0. The molecular formula is C13H19N3O2S. The van der Waals surface area contributed by atoms with Crippen LogP contribution in [0.2, 0.25) is 0 Å². The van der Waals surface area contributed by atoms with Gasteiger partial charge in [-0.25, -0.2) is 4.98 Å². The number of thiazole rings is 1. The molecule has 1 aliphatic rings. The van der Waals surface area contributed by atoms with Crippen LogP contribution in [-0.2, 0) is 11.2 Å². The number of nitrogens with one attached hydrogen (secondary N) is 2. The third-order valence-electron chi connectivity index (χ3n) is 2.72. The molecule has 0 radical (unpaired) electrons. The molecular weight excluding hydrogens is 262 g/mol. The van der Waals surface area contributed by atoms with Gasteiger partial charge in [-0.1, -0.05) is 32.1 Å². The van der Waals surface area contributed by atoms with Crippen LogP contribution in [0, 0.1) is 5.41 Å². The highest BCUT2D eigenvalue weighted by Gasteiger charge is 2.22. The van der Waals surface area contributed by atoms with E-state index < -0.39 is 0 Å². The first-order valence-electron chi connectivity index (χ1n) is 6.43. The Kier molecular flexibility index (Phi) is 3.89. The summed E-state index contributed by atoms with van der Waals surface area (Å²) in [5.41, 5.74) is 0.738. The van der Waals surface area contributed by atoms with Crippen LogP contribution in [0.1, 0.15) is 49.0 Å². The smallest absolute Gasteiger partial charge is 0.263 e. The van der Waals surface area contributed by atoms with Gasteiger partial charge in [0.2, 0.25) is 5.91 Å². The zero-order chi connectivity index (χ0) is 14.0. The van der Waals surface area contributed by atoms with Crippen LogP contribution in [-0.4, -0.2) is 23.3 Å². The molecule has 2 rings (SSSR count). The van der Waals surface area contributed by atoms with E-state index in [2.05, 4.69) is 15.6 Å². The molecule has 1 aromatic rings. The number of nitrogens with zero attached hydrogens (tertiary/aromatic N) is 1. The number of fused-ring (bicyclic) bond motifs is 1. The van der Waals surface area contributed by atoms with E-state index >= 15 is 0 Å². The lowest BCUT2D eigenvalue weighted by molar-refractivity contribution is -0.117. The number of carbonyl (C=O) groups is 2. The molecule has 5 nitrogen and oxygen atoms in total. The fourth-order valence-corrected chi connectivity index (χ4v) is 2.88. The van der Waals surface area contributed by atoms with Gasteiger partial charge in [-0.15, -0.1) is 0 Å². The summed E-state index contributed by atoms with van der Waals surface area (Å²) in [7, 11) is 0. The van der Waals surface area contributed by atoms with Crippen molar-refractivity contribution < 1.29 is 9.59 Å². The number of aryl methyl sites for hydroxylation is 1. The van der Waals surface area contributed by atoms with Crippen molar-refractivity contribution in [3.05, 3.63) is 10.6 Å². The first-order valence-corrected chi connectivity index (χ1v) is 7.24. The van der Waals surface area contributed by atoms with Gasteiger partial charge in [-0.2, -0.15) is 0 Å². The Hall–Kier alpha value is -1.43. The second-order valence-electron chi connectivity index (χ2n) is 5.94. The average Bonchev–Trinajstić information content (AvgIpc) is 2.57. The first kappa shape index (κ1) is 14.0. The van der Waals surface area contributed by atoms with Crippen molar-refractivity contribution in [1.82, 2.24) is 10.3 Å². The Morgan fingerprint density at radius 2 is 2.21 bits per heavy atom. The molecule has 6 heteroatoms. The molecule has 0 saturated heterocycles. The van der Waals surface area contributed by atoms with Gasteiger partial charge < -0.3 is 10.6 Å². The lowest BCUT2D eigenvalue weighted by atomic mass is 9.92. The van der Waals surface area contributed by atoms with Crippen molar-refractivity contribution in [1.29, 1.82) is 0 Å². The second-order valence-corrected chi connectivity index (χ2v) is 6.94. The number of anilines is 1. The monoisotopic (exact) mass is 281 g/mol. The Labute approximate surface area is 116 Å². The Balaban J connectivity index is 2.09. The third-order valence-corrected chi connectivity index (χ3v) is 3.73. The van der Waals surface area contributed by atoms with E-state index in [4.69, 9.17) is 0 Å². The Morgan fingerprint density at radius 3 is 2.89 bits per heavy atom. The standard InChI is InChI=1S/C13H19N3O2S/c1-13(2,3)7-9(17)16-12-15-8-5-4-6-14-11(18)10(8)19-12/h4-7H2,1-3H3,(H,14,18)(H,15,16,17). The van der Waals surface area contributed by atoms with Crippen LogP contribution in [0.15, 0.2) is 0 Å². The molecule has 2 amide bonds. The minimum absolute atomic E-state index is 0.0585. The summed E-state index contributed by atoms with van der Waals surface area (Å²) in [5, 5.41) is 6.13. The molecule has 2 N–H and O–H groups in total. The summed E-state index contributed by atoms with van der Waals surface area (Å²) in [6.45, 7) is 6.72. The minimum atomic E-state index is -0.0821. The fourth-order valence-electron chi connectivity index (χ4n) is 1.94. The van der Waals surface area contributed by atoms with E-state index in [9.17, 15) is 9.59 Å². The first-order chi connectivity index (χ1) is 8.85. The van der Waals surface area contributed by atoms with Crippen molar-refractivity contribution in [2.45, 2.75) is 40.0 Å². The predicted octanol–water partition coefficient (Wildman–Crippen LogP) is 2.19. The highest BCUT2D eigenvalue weighted by Crippen LogP contribution is 2.26. The number of aromatic nitrogens is 1. The van der Waals surface area contributed by atoms with Crippen LogP contribution in [0.4, 0.5) is 5.13 Å². The quantitative estimate of drug-likeness (QED) is 0.873. The third kappa shape index (κ3) is 3.76. The van der Waals surface area contributed by atoms with Crippen molar-refractivity contribution in [2.24, 2.45) is 5.41 Å². The molecule has 2 heterocycles. The summed E-state index contributed by atoms with van der Waals surface area (Å²) in [6, 6.07) is 0. The molecule has 0 unspecified atom stereocenters. The number of hydrogen-bond donors (Lipinski definition) is 2. The van der Waals surface area contributed by atoms with Crippen LogP contribution >= 0.6 is 11.3 Å². The Morgan fingerprint density at radius 1 is 1.47 bits per heavy atom. The number of carbonyl (C=O) groups excluding carboxylic acids is 2. The number of rotatable bonds is 2. The molecule has 0 atom stereocenters. The molecule has 19 heavy (non-hydrogen) atoms. The number of hydrogen-bond acceptors (Lipinski definition) is 4. The highest BCUT2D eigenvalue weighted by molar-refractivity contribution is 7.17. The second kappa shape index (κ2) is 5.28. The molecule has 0 aromatic carbocycles. The zero-order valence-electron chi connectivity index (χ0n) is 11.5. The van der Waals surface area contributed by atoms with E-state index in [1.165, 1.54) is 11.3 Å². The van der Waals surface area contributed by atoms with Crippen LogP contribution in [0.5, 0.6) is 0 Å². The van der Waals surface area contributed by atoms with E-state index in [-0.39, 0.29) is 17.2 Å². The lowest BCUT2D eigenvalue weighted by Gasteiger charge is -2.16. The molecule has 1 aromatic heterocycles. The minimum Gasteiger partial charge on any atom is -0.351 e. The van der Waals surface area contributed by atoms with Crippen molar-refractivity contribution in [3.63, 3.8) is 0 Å². The topological polar surface area (TPSA) is 71.1 Å². The normalized spacial score (nSPS) is 15.4. The molecule has 0 spiro atoms. The molecule has 0 fully saturated rings. The zero-order valence-corrected chi connectivity index (χ0v) is 12.3. The van der Waals surface area contributed by atoms with Gasteiger partial charge in [-0.05, 0) is 18.3 Å². The molecule has 0 aliphatic carbocycles. The van der Waals surface area contributed by atoms with Gasteiger partial charge >= 0.3 is 0 Å². The average molecular weight is 281 g/mol. The van der Waals surface area contributed by atoms with Crippen molar-refractivity contribution >= 4 is 28.3 Å². The van der Waals surface area contributed by atoms with Crippen LogP contribution in [0.25, 0.3) is 0 Å². The van der Waals surface area contributed by atoms with Gasteiger partial charge in [0, 0.05) is 13.0 Å². The summed E-state index contributed by atoms with van der Waals surface area (Å²) in [5.74, 6) is -0.141. The van der Waals surface area contributed by atoms with E-state index in [1.54, 1.807) is 0 Å². The van der Waals surface area contributed by atoms with Crippen LogP contribution in [0.3, 0.4) is 0 Å². The largest absolute Gasteiger partial charge is 0.351 e. The van der Waals surface area contributed by atoms with Gasteiger partial charge in [0.25, 0.3) is 5.91 Å². The van der Waals surface area contributed by atoms with Crippen molar-refractivity contribution in [3.8, 4) is 0 Å². The SMILES string of the molecule is CC(C)(C)CC(=O)Nc1nc2c(s1)C(=O)NCCC2. The molecule has 0 saturated carbocycles. The van der Waals surface area contributed by atoms with Gasteiger partial charge in [0.05, 0.1) is 5.69 Å². The summed E-state index contributed by atoms with van der Waals surface area (Å²) in [6.07, 6.45) is 2.10.